The molecule has 1 aliphatic carbocycles. The molecule has 1 saturated heterocycles. The first-order chi connectivity index (χ1) is 8.86. The maximum atomic E-state index is 6.70. The van der Waals surface area contributed by atoms with E-state index < -0.39 is 0 Å². The van der Waals surface area contributed by atoms with Crippen molar-refractivity contribution in [2.24, 2.45) is 24.1 Å². The van der Waals surface area contributed by atoms with Gasteiger partial charge in [0.1, 0.15) is 5.82 Å². The summed E-state index contributed by atoms with van der Waals surface area (Å²) in [5, 5.41) is 7.81. The van der Waals surface area contributed by atoms with Gasteiger partial charge in [0.25, 0.3) is 0 Å². The van der Waals surface area contributed by atoms with Crippen LogP contribution in [0, 0.1) is 18.3 Å². The minimum atomic E-state index is -0.202. The molecule has 2 aliphatic rings. The lowest BCUT2D eigenvalue weighted by molar-refractivity contribution is -0.149. The Hall–Kier alpha value is -1.07. The molecule has 2 heterocycles. The van der Waals surface area contributed by atoms with Crippen LogP contribution in [-0.4, -0.2) is 34.6 Å². The molecule has 3 rings (SSSR count). The highest BCUT2D eigenvalue weighted by Gasteiger charge is 2.67. The van der Waals surface area contributed by atoms with E-state index >= 15 is 0 Å². The predicted molar refractivity (Wildman–Crippen MR) is 75.0 cm³/mol. The summed E-state index contributed by atoms with van der Waals surface area (Å²) in [4.78, 5) is 0. The first-order valence-electron chi connectivity index (χ1n) is 7.01. The van der Waals surface area contributed by atoms with Gasteiger partial charge in [0.15, 0.2) is 0 Å². The smallest absolute Gasteiger partial charge is 0.124 e. The maximum Gasteiger partial charge on any atom is 0.124 e. The number of nitrogens with two attached hydrogens (primary N) is 1. The van der Waals surface area contributed by atoms with Gasteiger partial charge in [-0.1, -0.05) is 13.8 Å². The topological polar surface area (TPSA) is 65.1 Å². The van der Waals surface area contributed by atoms with Crippen molar-refractivity contribution in [2.45, 2.75) is 38.8 Å². The fraction of sp³-hybridized carbons (Fsp3) is 0.786. The summed E-state index contributed by atoms with van der Waals surface area (Å²) in [6.07, 6.45) is 1.41. The van der Waals surface area contributed by atoms with Crippen LogP contribution in [0.2, 0.25) is 0 Å². The molecule has 0 spiro atoms. The van der Waals surface area contributed by atoms with E-state index in [9.17, 15) is 0 Å². The number of aryl methyl sites for hydroxylation is 2. The van der Waals surface area contributed by atoms with Gasteiger partial charge in [-0.05, 0) is 13.3 Å². The summed E-state index contributed by atoms with van der Waals surface area (Å²) in [5.41, 5.74) is 7.54. The molecular formula is C14H24N4O. The lowest BCUT2D eigenvalue weighted by atomic mass is 9.48. The van der Waals surface area contributed by atoms with Crippen LogP contribution in [0.3, 0.4) is 0 Å². The summed E-state index contributed by atoms with van der Waals surface area (Å²) in [5.74, 6) is 1.50. The number of hydrogen-bond acceptors (Lipinski definition) is 4. The number of rotatable bonds is 3. The van der Waals surface area contributed by atoms with Crippen molar-refractivity contribution < 1.29 is 4.74 Å². The first-order valence-corrected chi connectivity index (χ1v) is 7.01. The van der Waals surface area contributed by atoms with Crippen LogP contribution in [0.5, 0.6) is 0 Å². The number of ether oxygens (including phenoxy) is 1. The monoisotopic (exact) mass is 264 g/mol. The van der Waals surface area contributed by atoms with E-state index in [4.69, 9.17) is 10.5 Å². The molecule has 3 unspecified atom stereocenters. The van der Waals surface area contributed by atoms with Crippen molar-refractivity contribution in [3.05, 3.63) is 11.8 Å². The van der Waals surface area contributed by atoms with Gasteiger partial charge in [0, 0.05) is 43.1 Å². The van der Waals surface area contributed by atoms with E-state index in [1.54, 1.807) is 0 Å². The molecule has 19 heavy (non-hydrogen) atoms. The molecule has 106 valence electrons. The SMILES string of the molecule is Cc1cc(NCC2(N)C3CCOC3C2(C)C)n(C)n1. The highest BCUT2D eigenvalue weighted by atomic mass is 16.5. The normalized spacial score (nSPS) is 35.8. The van der Waals surface area contributed by atoms with Gasteiger partial charge in [0.2, 0.25) is 0 Å². The second-order valence-electron chi connectivity index (χ2n) is 6.60. The minimum absolute atomic E-state index is 0.0226. The standard InChI is InChI=1S/C14H24N4O/c1-9-7-11(18(4)17-9)16-8-14(15)10-5-6-19-12(10)13(14,2)3/h7,10,12,16H,5-6,8,15H2,1-4H3. The molecule has 0 bridgehead atoms. The minimum Gasteiger partial charge on any atom is -0.377 e. The van der Waals surface area contributed by atoms with E-state index in [0.29, 0.717) is 12.0 Å². The first kappa shape index (κ1) is 12.9. The van der Waals surface area contributed by atoms with Gasteiger partial charge in [0.05, 0.1) is 11.8 Å². The third-order valence-electron chi connectivity index (χ3n) is 5.23. The summed E-state index contributed by atoms with van der Waals surface area (Å²) in [6, 6.07) is 2.05. The Morgan fingerprint density at radius 2 is 2.32 bits per heavy atom. The number of aromatic nitrogens is 2. The van der Waals surface area contributed by atoms with Crippen LogP contribution in [0.1, 0.15) is 26.0 Å². The number of anilines is 1. The molecule has 0 amide bonds. The molecule has 1 saturated carbocycles. The van der Waals surface area contributed by atoms with Crippen molar-refractivity contribution in [3.8, 4) is 0 Å². The largest absolute Gasteiger partial charge is 0.377 e. The van der Waals surface area contributed by atoms with Crippen LogP contribution in [0.15, 0.2) is 6.07 Å². The molecular weight excluding hydrogens is 240 g/mol. The summed E-state index contributed by atoms with van der Waals surface area (Å²) in [6.45, 7) is 8.05. The van der Waals surface area contributed by atoms with Crippen LogP contribution < -0.4 is 11.1 Å². The Kier molecular flexibility index (Phi) is 2.70. The van der Waals surface area contributed by atoms with Gasteiger partial charge in [-0.3, -0.25) is 4.68 Å². The van der Waals surface area contributed by atoms with E-state index in [1.165, 1.54) is 0 Å². The van der Waals surface area contributed by atoms with Crippen LogP contribution >= 0.6 is 0 Å². The summed E-state index contributed by atoms with van der Waals surface area (Å²) >= 11 is 0. The molecule has 5 heteroatoms. The van der Waals surface area contributed by atoms with Crippen LogP contribution in [-0.2, 0) is 11.8 Å². The zero-order valence-electron chi connectivity index (χ0n) is 12.2. The number of nitrogens with one attached hydrogen (secondary N) is 1. The lowest BCUT2D eigenvalue weighted by Gasteiger charge is -2.62. The van der Waals surface area contributed by atoms with E-state index in [0.717, 1.165) is 31.1 Å². The predicted octanol–water partition coefficient (Wildman–Crippen LogP) is 1.28. The summed E-state index contributed by atoms with van der Waals surface area (Å²) < 4.78 is 7.69. The van der Waals surface area contributed by atoms with Crippen molar-refractivity contribution in [3.63, 3.8) is 0 Å². The molecule has 1 aromatic heterocycles. The zero-order chi connectivity index (χ0) is 13.8. The Morgan fingerprint density at radius 3 is 2.95 bits per heavy atom. The second kappa shape index (κ2) is 3.96. The highest BCUT2D eigenvalue weighted by molar-refractivity contribution is 5.39. The quantitative estimate of drug-likeness (QED) is 0.863. The highest BCUT2D eigenvalue weighted by Crippen LogP contribution is 2.57. The Bertz CT molecular complexity index is 496. The van der Waals surface area contributed by atoms with Crippen molar-refractivity contribution in [2.75, 3.05) is 18.5 Å². The third-order valence-corrected chi connectivity index (χ3v) is 5.23. The van der Waals surface area contributed by atoms with Gasteiger partial charge >= 0.3 is 0 Å². The van der Waals surface area contributed by atoms with Crippen LogP contribution in [0.4, 0.5) is 5.82 Å². The Morgan fingerprint density at radius 1 is 1.58 bits per heavy atom. The van der Waals surface area contributed by atoms with Crippen molar-refractivity contribution >= 4 is 5.82 Å². The number of nitrogens with zero attached hydrogens (tertiary/aromatic N) is 2. The van der Waals surface area contributed by atoms with Crippen molar-refractivity contribution in [1.82, 2.24) is 9.78 Å². The molecule has 5 nitrogen and oxygen atoms in total. The van der Waals surface area contributed by atoms with Crippen LogP contribution in [0.25, 0.3) is 0 Å². The third kappa shape index (κ3) is 1.64. The zero-order valence-corrected chi connectivity index (χ0v) is 12.2. The molecule has 3 N–H and O–H groups in total. The Labute approximate surface area is 114 Å². The van der Waals surface area contributed by atoms with Gasteiger partial charge in [-0.15, -0.1) is 0 Å². The maximum absolute atomic E-state index is 6.70. The second-order valence-corrected chi connectivity index (χ2v) is 6.60. The molecule has 3 atom stereocenters. The summed E-state index contributed by atoms with van der Waals surface area (Å²) in [7, 11) is 1.95. The van der Waals surface area contributed by atoms with E-state index in [-0.39, 0.29) is 11.0 Å². The van der Waals surface area contributed by atoms with Gasteiger partial charge in [-0.25, -0.2) is 0 Å². The Balaban J connectivity index is 1.74. The van der Waals surface area contributed by atoms with Gasteiger partial charge in [-0.2, -0.15) is 5.10 Å². The molecule has 2 fully saturated rings. The average molecular weight is 264 g/mol. The fourth-order valence-electron chi connectivity index (χ4n) is 3.85. The van der Waals surface area contributed by atoms with Gasteiger partial charge < -0.3 is 15.8 Å². The molecule has 1 aliphatic heterocycles. The van der Waals surface area contributed by atoms with Crippen molar-refractivity contribution in [1.29, 1.82) is 0 Å². The molecule has 1 aromatic rings. The van der Waals surface area contributed by atoms with E-state index in [1.807, 2.05) is 18.7 Å². The lowest BCUT2D eigenvalue weighted by Crippen LogP contribution is -2.77. The molecule has 0 aromatic carbocycles. The molecule has 0 radical (unpaired) electrons. The average Bonchev–Trinajstić information content (AvgIpc) is 2.92. The fourth-order valence-corrected chi connectivity index (χ4v) is 3.85. The van der Waals surface area contributed by atoms with E-state index in [2.05, 4.69) is 30.3 Å². The number of hydrogen-bond donors (Lipinski definition) is 2. The number of fused-ring (bicyclic) bond motifs is 1.